The molecule has 0 saturated carbocycles. The molecule has 1 aromatic carbocycles. The zero-order chi connectivity index (χ0) is 17.9. The lowest BCUT2D eigenvalue weighted by Crippen LogP contribution is -2.28. The van der Waals surface area contributed by atoms with Crippen LogP contribution in [-0.4, -0.2) is 17.4 Å². The van der Waals surface area contributed by atoms with Crippen molar-refractivity contribution in [3.63, 3.8) is 0 Å². The van der Waals surface area contributed by atoms with Gasteiger partial charge in [-0.1, -0.05) is 23.8 Å². The number of aromatic nitrogens is 1. The van der Waals surface area contributed by atoms with Crippen molar-refractivity contribution in [2.24, 2.45) is 0 Å². The molecule has 2 heterocycles. The fourth-order valence-electron chi connectivity index (χ4n) is 3.34. The van der Waals surface area contributed by atoms with E-state index in [1.54, 1.807) is 11.3 Å². The fraction of sp³-hybridized carbons (Fsp3) is 0.190. The third-order valence-corrected chi connectivity index (χ3v) is 5.56. The molecule has 0 saturated heterocycles. The molecule has 0 fully saturated rings. The van der Waals surface area contributed by atoms with Crippen molar-refractivity contribution < 1.29 is 4.79 Å². The van der Waals surface area contributed by atoms with Crippen LogP contribution in [-0.2, 0) is 11.2 Å². The van der Waals surface area contributed by atoms with Gasteiger partial charge in [-0.05, 0) is 71.0 Å². The molecule has 2 aromatic heterocycles. The summed E-state index contributed by atoms with van der Waals surface area (Å²) in [6.07, 6.45) is 8.86. The van der Waals surface area contributed by atoms with E-state index in [9.17, 15) is 4.79 Å². The fourth-order valence-corrected chi connectivity index (χ4v) is 4.17. The second kappa shape index (κ2) is 7.52. The summed E-state index contributed by atoms with van der Waals surface area (Å²) >= 11 is 7.75. The van der Waals surface area contributed by atoms with Gasteiger partial charge in [0.25, 0.3) is 5.91 Å². The smallest absolute Gasteiger partial charge is 0.251 e. The predicted molar refractivity (Wildman–Crippen MR) is 110 cm³/mol. The topological polar surface area (TPSA) is 44.9 Å². The number of allylic oxidation sites excluding steroid dienone is 2. The molecule has 0 radical (unpaired) electrons. The van der Waals surface area contributed by atoms with Gasteiger partial charge in [-0.2, -0.15) is 11.3 Å². The maximum atomic E-state index is 12.7. The van der Waals surface area contributed by atoms with E-state index in [0.717, 1.165) is 57.5 Å². The summed E-state index contributed by atoms with van der Waals surface area (Å²) in [6, 6.07) is 7.88. The summed E-state index contributed by atoms with van der Waals surface area (Å²) < 4.78 is 0. The molecule has 132 valence electrons. The highest BCUT2D eigenvalue weighted by Crippen LogP contribution is 2.30. The van der Waals surface area contributed by atoms with Gasteiger partial charge in [-0.15, -0.1) is 0 Å². The summed E-state index contributed by atoms with van der Waals surface area (Å²) in [4.78, 5) is 16.0. The van der Waals surface area contributed by atoms with Crippen LogP contribution in [0.2, 0.25) is 5.02 Å². The highest BCUT2D eigenvalue weighted by atomic mass is 35.5. The first-order valence-corrected chi connectivity index (χ1v) is 10.0. The second-order valence-corrected chi connectivity index (χ2v) is 7.55. The van der Waals surface area contributed by atoms with Gasteiger partial charge in [0.15, 0.2) is 0 Å². The number of nitrogens with one attached hydrogen (secondary N) is 2. The molecule has 26 heavy (non-hydrogen) atoms. The Morgan fingerprint density at radius 3 is 2.96 bits per heavy atom. The number of carbonyl (C=O) groups excluding carboxylic acids is 1. The van der Waals surface area contributed by atoms with Gasteiger partial charge in [0.1, 0.15) is 0 Å². The zero-order valence-corrected chi connectivity index (χ0v) is 15.8. The van der Waals surface area contributed by atoms with Crippen molar-refractivity contribution >= 4 is 45.3 Å². The Morgan fingerprint density at radius 2 is 2.12 bits per heavy atom. The molecule has 0 bridgehead atoms. The van der Waals surface area contributed by atoms with E-state index in [2.05, 4.69) is 27.8 Å². The number of thiophene rings is 1. The van der Waals surface area contributed by atoms with Crippen molar-refractivity contribution in [1.82, 2.24) is 10.3 Å². The van der Waals surface area contributed by atoms with Crippen molar-refractivity contribution in [2.75, 3.05) is 6.54 Å². The Bertz CT molecular complexity index is 998. The molecule has 0 atom stereocenters. The number of carbonyl (C=O) groups is 1. The Labute approximate surface area is 161 Å². The lowest BCUT2D eigenvalue weighted by atomic mass is 9.93. The van der Waals surface area contributed by atoms with Crippen molar-refractivity contribution in [2.45, 2.75) is 19.3 Å². The van der Waals surface area contributed by atoms with Crippen LogP contribution >= 0.6 is 22.9 Å². The average Bonchev–Trinajstić information content (AvgIpc) is 3.32. The lowest BCUT2D eigenvalue weighted by molar-refractivity contribution is -0.117. The minimum absolute atomic E-state index is 0.0000219. The highest BCUT2D eigenvalue weighted by Gasteiger charge is 2.18. The van der Waals surface area contributed by atoms with Gasteiger partial charge in [0.05, 0.1) is 0 Å². The molecule has 4 rings (SSSR count). The average molecular weight is 383 g/mol. The molecule has 1 aliphatic rings. The lowest BCUT2D eigenvalue weighted by Gasteiger charge is -2.15. The van der Waals surface area contributed by atoms with Crippen molar-refractivity contribution in [1.29, 1.82) is 0 Å². The normalized spacial score (nSPS) is 14.2. The number of hydrogen-bond acceptors (Lipinski definition) is 2. The standard InChI is InChI=1S/C21H19ClN2OS/c22-16-5-6-20-19(11-16)14(12-24-20)7-9-23-21(25)18-4-2-1-3-17(18)15-8-10-26-13-15/h3-6,8,10-13,24H,1-2,7,9H2,(H,23,25). The summed E-state index contributed by atoms with van der Waals surface area (Å²) in [5, 5.41) is 9.04. The molecule has 0 spiro atoms. The van der Waals surface area contributed by atoms with Crippen LogP contribution in [0.25, 0.3) is 16.5 Å². The van der Waals surface area contributed by atoms with Gasteiger partial charge in [-0.3, -0.25) is 4.79 Å². The van der Waals surface area contributed by atoms with Crippen LogP contribution < -0.4 is 5.32 Å². The molecule has 0 aliphatic heterocycles. The maximum Gasteiger partial charge on any atom is 0.251 e. The molecule has 2 N–H and O–H groups in total. The first-order valence-electron chi connectivity index (χ1n) is 8.69. The van der Waals surface area contributed by atoms with Crippen LogP contribution in [0.3, 0.4) is 0 Å². The Morgan fingerprint density at radius 1 is 1.23 bits per heavy atom. The first kappa shape index (κ1) is 17.1. The molecule has 1 amide bonds. The predicted octanol–water partition coefficient (Wildman–Crippen LogP) is 5.35. The van der Waals surface area contributed by atoms with E-state index in [1.165, 1.54) is 0 Å². The molecule has 3 nitrogen and oxygen atoms in total. The number of hydrogen-bond donors (Lipinski definition) is 2. The van der Waals surface area contributed by atoms with Crippen molar-refractivity contribution in [3.8, 4) is 0 Å². The van der Waals surface area contributed by atoms with Crippen molar-refractivity contribution in [3.05, 3.63) is 75.1 Å². The quantitative estimate of drug-likeness (QED) is 0.614. The first-order chi connectivity index (χ1) is 12.7. The third kappa shape index (κ3) is 3.48. The SMILES string of the molecule is O=C(NCCc1c[nH]c2ccc(Cl)cc12)C1=CCCC=C1c1ccsc1. The molecule has 5 heteroatoms. The van der Waals surface area contributed by atoms with E-state index < -0.39 is 0 Å². The number of halogens is 1. The minimum Gasteiger partial charge on any atom is -0.361 e. The molecule has 0 unspecified atom stereocenters. The Hall–Kier alpha value is -2.30. The molecular formula is C21H19ClN2OS. The zero-order valence-electron chi connectivity index (χ0n) is 14.2. The summed E-state index contributed by atoms with van der Waals surface area (Å²) in [7, 11) is 0. The second-order valence-electron chi connectivity index (χ2n) is 6.33. The number of aromatic amines is 1. The van der Waals surface area contributed by atoms with E-state index in [0.29, 0.717) is 6.54 Å². The van der Waals surface area contributed by atoms with Crippen LogP contribution in [0.1, 0.15) is 24.0 Å². The van der Waals surface area contributed by atoms with Crippen LogP contribution in [0.15, 0.2) is 58.9 Å². The number of amides is 1. The van der Waals surface area contributed by atoms with Gasteiger partial charge >= 0.3 is 0 Å². The Balaban J connectivity index is 1.43. The number of fused-ring (bicyclic) bond motifs is 1. The number of benzene rings is 1. The highest BCUT2D eigenvalue weighted by molar-refractivity contribution is 7.08. The maximum absolute atomic E-state index is 12.7. The number of H-pyrrole nitrogens is 1. The van der Waals surface area contributed by atoms with E-state index >= 15 is 0 Å². The summed E-state index contributed by atoms with van der Waals surface area (Å²) in [6.45, 7) is 0.590. The molecule has 3 aromatic rings. The van der Waals surface area contributed by atoms with Gasteiger partial charge in [0, 0.05) is 34.2 Å². The largest absolute Gasteiger partial charge is 0.361 e. The van der Waals surface area contributed by atoms with E-state index in [4.69, 9.17) is 11.6 Å². The summed E-state index contributed by atoms with van der Waals surface area (Å²) in [5.41, 5.74) is 5.19. The van der Waals surface area contributed by atoms with Gasteiger partial charge < -0.3 is 10.3 Å². The number of rotatable bonds is 5. The molecule has 1 aliphatic carbocycles. The van der Waals surface area contributed by atoms with Gasteiger partial charge in [-0.25, -0.2) is 0 Å². The minimum atomic E-state index is 0.0000219. The van der Waals surface area contributed by atoms with Crippen LogP contribution in [0.5, 0.6) is 0 Å². The third-order valence-electron chi connectivity index (χ3n) is 4.64. The van der Waals surface area contributed by atoms with E-state index in [-0.39, 0.29) is 5.91 Å². The monoisotopic (exact) mass is 382 g/mol. The molecular weight excluding hydrogens is 364 g/mol. The van der Waals surface area contributed by atoms with E-state index in [1.807, 2.05) is 35.9 Å². The summed E-state index contributed by atoms with van der Waals surface area (Å²) in [5.74, 6) is 0.0000219. The van der Waals surface area contributed by atoms with Gasteiger partial charge in [0.2, 0.25) is 0 Å². The van der Waals surface area contributed by atoms with Crippen LogP contribution in [0.4, 0.5) is 0 Å². The Kier molecular flexibility index (Phi) is 4.96. The van der Waals surface area contributed by atoms with Crippen LogP contribution in [0, 0.1) is 0 Å².